The Hall–Kier alpha value is -1.59. The first-order valence-electron chi connectivity index (χ1n) is 24.2. The van der Waals surface area contributed by atoms with Crippen LogP contribution in [0.3, 0.4) is 0 Å². The van der Waals surface area contributed by atoms with Crippen LogP contribution in [-0.2, 0) is 28.6 Å². The van der Waals surface area contributed by atoms with Gasteiger partial charge in [-0.05, 0) is 31.1 Å². The predicted molar refractivity (Wildman–Crippen MR) is 233 cm³/mol. The van der Waals surface area contributed by atoms with Gasteiger partial charge < -0.3 is 14.2 Å². The highest BCUT2D eigenvalue weighted by Gasteiger charge is 2.19. The van der Waals surface area contributed by atoms with Crippen LogP contribution in [0.5, 0.6) is 0 Å². The maximum Gasteiger partial charge on any atom is 0.306 e. The van der Waals surface area contributed by atoms with Crippen molar-refractivity contribution < 1.29 is 28.6 Å². The summed E-state index contributed by atoms with van der Waals surface area (Å²) in [4.78, 5) is 37.8. The van der Waals surface area contributed by atoms with E-state index in [1.807, 2.05) is 0 Å². The zero-order chi connectivity index (χ0) is 40.5. The maximum absolute atomic E-state index is 12.7. The molecule has 0 unspecified atom stereocenters. The van der Waals surface area contributed by atoms with Crippen LogP contribution in [0.25, 0.3) is 0 Å². The van der Waals surface area contributed by atoms with Crippen LogP contribution in [0.1, 0.15) is 266 Å². The second kappa shape index (κ2) is 42.0. The lowest BCUT2D eigenvalue weighted by atomic mass is 10.0. The second-order valence-electron chi connectivity index (χ2n) is 17.7. The molecule has 0 radical (unpaired) electrons. The average molecular weight is 779 g/mol. The molecule has 0 bridgehead atoms. The zero-order valence-electron chi connectivity index (χ0n) is 37.6. The monoisotopic (exact) mass is 779 g/mol. The van der Waals surface area contributed by atoms with Crippen LogP contribution in [-0.4, -0.2) is 37.2 Å². The van der Waals surface area contributed by atoms with Crippen LogP contribution in [0.15, 0.2) is 0 Å². The SMILES string of the molecule is CCCCCCCCCCCCCC(=O)OC[C@H](COC(=O)CCCCCCCCCCCCCCCC(C)C)OC(=O)CCCCCCCCCC(C)C. The van der Waals surface area contributed by atoms with Gasteiger partial charge in [0.15, 0.2) is 6.10 Å². The number of hydrogen-bond donors (Lipinski definition) is 0. The number of esters is 3. The predicted octanol–water partition coefficient (Wildman–Crippen LogP) is 15.4. The van der Waals surface area contributed by atoms with E-state index in [1.54, 1.807) is 0 Å². The minimum atomic E-state index is -0.761. The minimum absolute atomic E-state index is 0.0649. The van der Waals surface area contributed by atoms with Gasteiger partial charge in [0.05, 0.1) is 0 Å². The van der Waals surface area contributed by atoms with Crippen molar-refractivity contribution in [1.29, 1.82) is 0 Å². The van der Waals surface area contributed by atoms with Crippen molar-refractivity contribution in [2.75, 3.05) is 13.2 Å². The van der Waals surface area contributed by atoms with Crippen molar-refractivity contribution in [2.45, 2.75) is 272 Å². The second-order valence-corrected chi connectivity index (χ2v) is 17.7. The molecule has 0 aromatic heterocycles. The molecule has 6 heteroatoms. The highest BCUT2D eigenvalue weighted by molar-refractivity contribution is 5.71. The number of carbonyl (C=O) groups excluding carboxylic acids is 3. The fourth-order valence-corrected chi connectivity index (χ4v) is 7.28. The molecular formula is C49H94O6. The molecule has 0 saturated carbocycles. The van der Waals surface area contributed by atoms with Gasteiger partial charge in [-0.3, -0.25) is 14.4 Å². The lowest BCUT2D eigenvalue weighted by molar-refractivity contribution is -0.167. The third kappa shape index (κ3) is 43.4. The summed E-state index contributed by atoms with van der Waals surface area (Å²) in [5.41, 5.74) is 0. The highest BCUT2D eigenvalue weighted by atomic mass is 16.6. The zero-order valence-corrected chi connectivity index (χ0v) is 37.6. The van der Waals surface area contributed by atoms with E-state index in [9.17, 15) is 14.4 Å². The summed E-state index contributed by atoms with van der Waals surface area (Å²) in [7, 11) is 0. The smallest absolute Gasteiger partial charge is 0.306 e. The van der Waals surface area contributed by atoms with Crippen molar-refractivity contribution in [3.05, 3.63) is 0 Å². The molecule has 0 rings (SSSR count). The van der Waals surface area contributed by atoms with Crippen molar-refractivity contribution in [1.82, 2.24) is 0 Å². The lowest BCUT2D eigenvalue weighted by Gasteiger charge is -2.18. The van der Waals surface area contributed by atoms with Crippen LogP contribution >= 0.6 is 0 Å². The topological polar surface area (TPSA) is 78.9 Å². The van der Waals surface area contributed by atoms with E-state index in [-0.39, 0.29) is 31.1 Å². The van der Waals surface area contributed by atoms with E-state index in [2.05, 4.69) is 34.6 Å². The minimum Gasteiger partial charge on any atom is -0.462 e. The van der Waals surface area contributed by atoms with Crippen molar-refractivity contribution in [3.63, 3.8) is 0 Å². The first kappa shape index (κ1) is 53.4. The summed E-state index contributed by atoms with van der Waals surface area (Å²) < 4.78 is 16.7. The number of carbonyl (C=O) groups is 3. The van der Waals surface area contributed by atoms with Crippen LogP contribution in [0.4, 0.5) is 0 Å². The molecule has 1 atom stereocenters. The molecule has 0 amide bonds. The van der Waals surface area contributed by atoms with Gasteiger partial charge in [0.2, 0.25) is 0 Å². The van der Waals surface area contributed by atoms with Gasteiger partial charge in [-0.15, -0.1) is 0 Å². The van der Waals surface area contributed by atoms with Crippen LogP contribution in [0, 0.1) is 11.8 Å². The standard InChI is InChI=1S/C49H94O6/c1-6-7-8-9-10-11-15-19-24-29-34-39-47(50)53-42-46(55-49(52)41-36-31-26-21-23-28-33-38-45(4)5)43-54-48(51)40-35-30-25-20-17-14-12-13-16-18-22-27-32-37-44(2)3/h44-46H,6-43H2,1-5H3/t46-/m1/s1. The van der Waals surface area contributed by atoms with E-state index in [0.717, 1.165) is 69.6 Å². The van der Waals surface area contributed by atoms with Crippen molar-refractivity contribution in [2.24, 2.45) is 11.8 Å². The Kier molecular flexibility index (Phi) is 40.8. The summed E-state index contributed by atoms with van der Waals surface area (Å²) in [5, 5.41) is 0. The molecule has 0 spiro atoms. The Morgan fingerprint density at radius 2 is 0.600 bits per heavy atom. The molecule has 6 nitrogen and oxygen atoms in total. The highest BCUT2D eigenvalue weighted by Crippen LogP contribution is 2.17. The molecule has 326 valence electrons. The summed E-state index contributed by atoms with van der Waals surface area (Å²) in [6.45, 7) is 11.3. The van der Waals surface area contributed by atoms with Gasteiger partial charge in [-0.25, -0.2) is 0 Å². The molecule has 0 N–H and O–H groups in total. The fraction of sp³-hybridized carbons (Fsp3) is 0.939. The van der Waals surface area contributed by atoms with Crippen LogP contribution < -0.4 is 0 Å². The molecule has 0 aromatic carbocycles. The number of hydrogen-bond acceptors (Lipinski definition) is 6. The fourth-order valence-electron chi connectivity index (χ4n) is 7.28. The van der Waals surface area contributed by atoms with E-state index in [4.69, 9.17) is 14.2 Å². The third-order valence-electron chi connectivity index (χ3n) is 11.0. The molecule has 0 aliphatic carbocycles. The normalized spacial score (nSPS) is 12.1. The molecule has 0 aromatic rings. The molecule has 0 aliphatic heterocycles. The number of ether oxygens (including phenoxy) is 3. The van der Waals surface area contributed by atoms with Gasteiger partial charge in [0.25, 0.3) is 0 Å². The largest absolute Gasteiger partial charge is 0.462 e. The average Bonchev–Trinajstić information content (AvgIpc) is 3.15. The quantitative estimate of drug-likeness (QED) is 0.0348. The summed E-state index contributed by atoms with van der Waals surface area (Å²) >= 11 is 0. The molecule has 0 aliphatic rings. The van der Waals surface area contributed by atoms with Crippen molar-refractivity contribution >= 4 is 17.9 Å². The van der Waals surface area contributed by atoms with Gasteiger partial charge in [0, 0.05) is 19.3 Å². The molecule has 0 fully saturated rings. The molecule has 0 heterocycles. The van der Waals surface area contributed by atoms with E-state index >= 15 is 0 Å². The molecule has 0 saturated heterocycles. The lowest BCUT2D eigenvalue weighted by Crippen LogP contribution is -2.30. The van der Waals surface area contributed by atoms with Gasteiger partial charge in [-0.1, -0.05) is 227 Å². The van der Waals surface area contributed by atoms with Gasteiger partial charge in [-0.2, -0.15) is 0 Å². The maximum atomic E-state index is 12.7. The van der Waals surface area contributed by atoms with Crippen molar-refractivity contribution in [3.8, 4) is 0 Å². The summed E-state index contributed by atoms with van der Waals surface area (Å²) in [5.74, 6) is 0.761. The number of rotatable bonds is 43. The van der Waals surface area contributed by atoms with E-state index < -0.39 is 6.10 Å². The van der Waals surface area contributed by atoms with Crippen LogP contribution in [0.2, 0.25) is 0 Å². The van der Waals surface area contributed by atoms with E-state index in [0.29, 0.717) is 19.3 Å². The Balaban J connectivity index is 4.28. The summed E-state index contributed by atoms with van der Waals surface area (Å²) in [6.07, 6.45) is 40.9. The Bertz CT molecular complexity index is 839. The van der Waals surface area contributed by atoms with E-state index in [1.165, 1.54) is 154 Å². The first-order chi connectivity index (χ1) is 26.7. The molecular weight excluding hydrogens is 685 g/mol. The summed E-state index contributed by atoms with van der Waals surface area (Å²) in [6, 6.07) is 0. The van der Waals surface area contributed by atoms with Gasteiger partial charge >= 0.3 is 17.9 Å². The number of unbranched alkanes of at least 4 members (excludes halogenated alkanes) is 28. The Morgan fingerprint density at radius 3 is 0.891 bits per heavy atom. The Labute approximate surface area is 342 Å². The Morgan fingerprint density at radius 1 is 0.345 bits per heavy atom. The molecule has 55 heavy (non-hydrogen) atoms. The third-order valence-corrected chi connectivity index (χ3v) is 11.0. The van der Waals surface area contributed by atoms with Gasteiger partial charge in [0.1, 0.15) is 13.2 Å². The first-order valence-corrected chi connectivity index (χ1v) is 24.2.